The summed E-state index contributed by atoms with van der Waals surface area (Å²) in [6.07, 6.45) is 1.55. The number of nitrogens with zero attached hydrogens (tertiary/aromatic N) is 4. The maximum Gasteiger partial charge on any atom is 0.164 e. The lowest BCUT2D eigenvalue weighted by atomic mass is 9.96. The summed E-state index contributed by atoms with van der Waals surface area (Å²) in [5.74, 6) is -0.413. The van der Waals surface area contributed by atoms with Crippen LogP contribution in [0.25, 0.3) is 5.52 Å². The van der Waals surface area contributed by atoms with Gasteiger partial charge in [-0.25, -0.2) is 9.50 Å². The average Bonchev–Trinajstić information content (AvgIpc) is 3.20. The van der Waals surface area contributed by atoms with Crippen LogP contribution in [0, 0.1) is 0 Å². The molecule has 0 saturated carbocycles. The highest BCUT2D eigenvalue weighted by Gasteiger charge is 2.63. The molecule has 9 nitrogen and oxygen atoms in total. The lowest BCUT2D eigenvalue weighted by molar-refractivity contribution is -0.201. The van der Waals surface area contributed by atoms with E-state index in [9.17, 15) is 5.11 Å². The van der Waals surface area contributed by atoms with Crippen molar-refractivity contribution in [3.63, 3.8) is 0 Å². The number of aliphatic hydroxyl groups is 1. The van der Waals surface area contributed by atoms with E-state index < -0.39 is 29.7 Å². The summed E-state index contributed by atoms with van der Waals surface area (Å²) in [5, 5.41) is 14.3. The predicted octanol–water partition coefficient (Wildman–Crippen LogP) is 0.335. The van der Waals surface area contributed by atoms with Crippen LogP contribution in [0.4, 0.5) is 5.82 Å². The van der Waals surface area contributed by atoms with Crippen LogP contribution in [0.3, 0.4) is 0 Å². The Morgan fingerprint density at radius 3 is 2.88 bits per heavy atom. The van der Waals surface area contributed by atoms with Crippen LogP contribution in [-0.2, 0) is 14.2 Å². The summed E-state index contributed by atoms with van der Waals surface area (Å²) in [6.45, 7) is 3.40. The number of aliphatic hydroxyl groups excluding tert-OH is 1. The molecule has 0 radical (unpaired) electrons. The van der Waals surface area contributed by atoms with Gasteiger partial charge in [-0.05, 0) is 26.0 Å². The molecule has 25 heavy (non-hydrogen) atoms. The molecular weight excluding hydrogens is 326 g/mol. The molecule has 4 rings (SSSR count). The van der Waals surface area contributed by atoms with Gasteiger partial charge >= 0.3 is 0 Å². The van der Waals surface area contributed by atoms with E-state index in [1.165, 1.54) is 6.33 Å². The number of nitrogens with two attached hydrogens (primary N) is 1. The van der Waals surface area contributed by atoms with Gasteiger partial charge in [0.25, 0.3) is 0 Å². The van der Waals surface area contributed by atoms with E-state index in [4.69, 9.17) is 19.9 Å². The lowest BCUT2D eigenvalue weighted by Crippen LogP contribution is -2.48. The zero-order valence-corrected chi connectivity index (χ0v) is 14.3. The fourth-order valence-corrected chi connectivity index (χ4v) is 3.67. The van der Waals surface area contributed by atoms with Gasteiger partial charge in [0.2, 0.25) is 0 Å². The first kappa shape index (κ1) is 16.4. The van der Waals surface area contributed by atoms with Gasteiger partial charge in [-0.15, -0.1) is 0 Å². The minimum atomic E-state index is -1.08. The van der Waals surface area contributed by atoms with E-state index in [0.29, 0.717) is 11.3 Å². The number of aromatic nitrogens is 3. The number of hydrogen-bond acceptors (Lipinski definition) is 8. The van der Waals surface area contributed by atoms with Gasteiger partial charge in [-0.2, -0.15) is 5.10 Å². The first-order valence-corrected chi connectivity index (χ1v) is 8.06. The number of aliphatic imine (C=N–C) groups is 1. The highest BCUT2D eigenvalue weighted by Crippen LogP contribution is 2.49. The second-order valence-electron chi connectivity index (χ2n) is 6.76. The Balaban J connectivity index is 1.83. The van der Waals surface area contributed by atoms with Gasteiger partial charge in [0.15, 0.2) is 17.2 Å². The van der Waals surface area contributed by atoms with Crippen LogP contribution < -0.4 is 5.73 Å². The van der Waals surface area contributed by atoms with Crippen LogP contribution in [0.5, 0.6) is 0 Å². The fourth-order valence-electron chi connectivity index (χ4n) is 3.67. The van der Waals surface area contributed by atoms with Crippen molar-refractivity contribution in [3.05, 3.63) is 24.2 Å². The second-order valence-corrected chi connectivity index (χ2v) is 6.76. The third-order valence-corrected chi connectivity index (χ3v) is 4.65. The molecule has 2 aromatic rings. The molecule has 2 aromatic heterocycles. The minimum absolute atomic E-state index is 0.276. The topological polar surface area (TPSA) is 116 Å². The van der Waals surface area contributed by atoms with Crippen LogP contribution in [-0.4, -0.2) is 63.2 Å². The zero-order valence-electron chi connectivity index (χ0n) is 14.3. The van der Waals surface area contributed by atoms with Gasteiger partial charge in [-0.3, -0.25) is 4.99 Å². The standard InChI is InChI=1S/C16H21N5O4/c1-15(2)23-12-11(24-16(7-22,6-18-3)13(12)25-15)9-4-5-10-14(17)19-8-20-21(9)10/h4-6,8,11-13,22H,7H2,1-3H3,(H2,17,19,20)/t11-,12-,13-,16+/m0/s1. The Morgan fingerprint density at radius 1 is 1.36 bits per heavy atom. The molecule has 4 atom stereocenters. The molecule has 0 bridgehead atoms. The molecule has 2 fully saturated rings. The third kappa shape index (κ3) is 2.35. The molecule has 0 aromatic carbocycles. The van der Waals surface area contributed by atoms with Crippen molar-refractivity contribution in [3.8, 4) is 0 Å². The first-order valence-electron chi connectivity index (χ1n) is 8.06. The van der Waals surface area contributed by atoms with Crippen molar-refractivity contribution in [1.29, 1.82) is 0 Å². The summed E-state index contributed by atoms with van der Waals surface area (Å²) in [5.41, 5.74) is 6.26. The van der Waals surface area contributed by atoms with Crippen molar-refractivity contribution in [2.75, 3.05) is 19.4 Å². The quantitative estimate of drug-likeness (QED) is 0.769. The smallest absolute Gasteiger partial charge is 0.164 e. The maximum absolute atomic E-state index is 10.0. The summed E-state index contributed by atoms with van der Waals surface area (Å²) in [4.78, 5) is 8.06. The Hall–Kier alpha value is -2.07. The Kier molecular flexibility index (Phi) is 3.58. The lowest BCUT2D eigenvalue weighted by Gasteiger charge is -2.30. The monoisotopic (exact) mass is 347 g/mol. The van der Waals surface area contributed by atoms with Gasteiger partial charge in [0, 0.05) is 13.3 Å². The number of hydrogen-bond donors (Lipinski definition) is 2. The van der Waals surface area contributed by atoms with E-state index in [-0.39, 0.29) is 6.61 Å². The largest absolute Gasteiger partial charge is 0.393 e. The molecule has 3 N–H and O–H groups in total. The van der Waals surface area contributed by atoms with Crippen LogP contribution >= 0.6 is 0 Å². The van der Waals surface area contributed by atoms with Gasteiger partial charge < -0.3 is 25.1 Å². The molecule has 4 heterocycles. The number of nitrogen functional groups attached to an aromatic ring is 1. The van der Waals surface area contributed by atoms with Crippen molar-refractivity contribution < 1.29 is 19.3 Å². The van der Waals surface area contributed by atoms with Crippen LogP contribution in [0.2, 0.25) is 0 Å². The Labute approximate surface area is 144 Å². The fraction of sp³-hybridized carbons (Fsp3) is 0.562. The summed E-state index contributed by atoms with van der Waals surface area (Å²) < 4.78 is 20.0. The normalized spacial score (nSPS) is 34.2. The molecule has 0 aliphatic carbocycles. The van der Waals surface area contributed by atoms with E-state index in [0.717, 1.165) is 5.69 Å². The molecule has 9 heteroatoms. The van der Waals surface area contributed by atoms with E-state index in [1.807, 2.05) is 26.0 Å². The highest BCUT2D eigenvalue weighted by molar-refractivity contribution is 5.71. The Morgan fingerprint density at radius 2 is 2.16 bits per heavy atom. The Bertz CT molecular complexity index is 835. The summed E-state index contributed by atoms with van der Waals surface area (Å²) in [7, 11) is 1.63. The van der Waals surface area contributed by atoms with Crippen molar-refractivity contribution in [1.82, 2.24) is 14.6 Å². The minimum Gasteiger partial charge on any atom is -0.393 e. The number of anilines is 1. The van der Waals surface area contributed by atoms with Crippen molar-refractivity contribution >= 4 is 17.5 Å². The molecule has 134 valence electrons. The SMILES string of the molecule is CN=C[C@]1(CO)O[C@@H](c2ccc3c(N)ncnn23)[C@@H]2OC(C)(C)O[C@@H]21. The van der Waals surface area contributed by atoms with Crippen molar-refractivity contribution in [2.45, 2.75) is 43.5 Å². The summed E-state index contributed by atoms with van der Waals surface area (Å²) in [6, 6.07) is 3.70. The van der Waals surface area contributed by atoms with Crippen LogP contribution in [0.15, 0.2) is 23.5 Å². The molecule has 2 aliphatic heterocycles. The van der Waals surface area contributed by atoms with E-state index >= 15 is 0 Å². The zero-order chi connectivity index (χ0) is 17.8. The molecule has 2 aliphatic rings. The second kappa shape index (κ2) is 5.46. The number of ether oxygens (including phenoxy) is 3. The van der Waals surface area contributed by atoms with E-state index in [1.54, 1.807) is 17.8 Å². The highest BCUT2D eigenvalue weighted by atomic mass is 16.8. The molecule has 0 spiro atoms. The average molecular weight is 347 g/mol. The number of fused-ring (bicyclic) bond motifs is 2. The van der Waals surface area contributed by atoms with E-state index in [2.05, 4.69) is 15.1 Å². The molecular formula is C16H21N5O4. The van der Waals surface area contributed by atoms with Crippen molar-refractivity contribution in [2.24, 2.45) is 4.99 Å². The van der Waals surface area contributed by atoms with Gasteiger partial charge in [0.05, 0.1) is 12.3 Å². The predicted molar refractivity (Wildman–Crippen MR) is 89.3 cm³/mol. The number of rotatable bonds is 3. The molecule has 0 amide bonds. The first-order chi connectivity index (χ1) is 11.9. The van der Waals surface area contributed by atoms with Gasteiger partial charge in [-0.1, -0.05) is 0 Å². The van der Waals surface area contributed by atoms with Crippen LogP contribution in [0.1, 0.15) is 25.6 Å². The third-order valence-electron chi connectivity index (χ3n) is 4.65. The maximum atomic E-state index is 10.0. The van der Waals surface area contributed by atoms with Gasteiger partial charge in [0.1, 0.15) is 30.2 Å². The molecule has 0 unspecified atom stereocenters. The summed E-state index contributed by atoms with van der Waals surface area (Å²) >= 11 is 0. The molecule has 2 saturated heterocycles.